The summed E-state index contributed by atoms with van der Waals surface area (Å²) >= 11 is 6.01. The van der Waals surface area contributed by atoms with Crippen LogP contribution in [0.25, 0.3) is 22.5 Å². The van der Waals surface area contributed by atoms with E-state index in [1.165, 1.54) is 37.6 Å². The molecule has 0 unspecified atom stereocenters. The van der Waals surface area contributed by atoms with Crippen molar-refractivity contribution in [3.05, 3.63) is 58.8 Å². The Morgan fingerprint density at radius 2 is 2.07 bits per heavy atom. The molecule has 0 atom stereocenters. The van der Waals surface area contributed by atoms with Gasteiger partial charge in [0.2, 0.25) is 0 Å². The first-order chi connectivity index (χ1) is 14.0. The lowest BCUT2D eigenvalue weighted by molar-refractivity contribution is 0.0963. The van der Waals surface area contributed by atoms with E-state index in [0.717, 1.165) is 0 Å². The fourth-order valence-corrected chi connectivity index (χ4v) is 2.99. The molecule has 0 fully saturated rings. The number of halogens is 2. The van der Waals surface area contributed by atoms with Crippen molar-refractivity contribution in [2.75, 3.05) is 12.4 Å². The minimum atomic E-state index is -0.536. The van der Waals surface area contributed by atoms with Crippen LogP contribution in [-0.4, -0.2) is 33.1 Å². The maximum absolute atomic E-state index is 14.4. The molecular formula is C19H14ClFN6O2. The lowest BCUT2D eigenvalue weighted by atomic mass is 10.2. The van der Waals surface area contributed by atoms with Crippen LogP contribution in [-0.2, 0) is 0 Å². The van der Waals surface area contributed by atoms with Gasteiger partial charge >= 0.3 is 0 Å². The minimum Gasteiger partial charge on any atom is -0.355 e. The third kappa shape index (κ3) is 3.47. The van der Waals surface area contributed by atoms with Gasteiger partial charge in [0, 0.05) is 24.5 Å². The molecule has 0 saturated heterocycles. The lowest BCUT2D eigenvalue weighted by Gasteiger charge is -2.12. The van der Waals surface area contributed by atoms with E-state index >= 15 is 0 Å². The number of aromatic nitrogens is 4. The molecular weight excluding hydrogens is 399 g/mol. The van der Waals surface area contributed by atoms with Crippen molar-refractivity contribution in [3.8, 4) is 11.4 Å². The fraction of sp³-hybridized carbons (Fsp3) is 0.105. The summed E-state index contributed by atoms with van der Waals surface area (Å²) in [6.45, 7) is 1.73. The number of nitrogens with one attached hydrogen (secondary N) is 2. The lowest BCUT2D eigenvalue weighted by Crippen LogP contribution is -2.19. The van der Waals surface area contributed by atoms with Crippen LogP contribution in [0.3, 0.4) is 0 Å². The van der Waals surface area contributed by atoms with Crippen LogP contribution >= 0.6 is 11.6 Å². The minimum absolute atomic E-state index is 0.0618. The Balaban J connectivity index is 1.90. The van der Waals surface area contributed by atoms with Crippen LogP contribution < -0.4 is 10.6 Å². The van der Waals surface area contributed by atoms with E-state index in [4.69, 9.17) is 16.1 Å². The van der Waals surface area contributed by atoms with E-state index in [-0.39, 0.29) is 23.0 Å². The van der Waals surface area contributed by atoms with E-state index in [9.17, 15) is 9.18 Å². The molecule has 10 heteroatoms. The van der Waals surface area contributed by atoms with E-state index in [2.05, 4.69) is 30.7 Å². The van der Waals surface area contributed by atoms with Crippen molar-refractivity contribution in [3.63, 3.8) is 0 Å². The number of pyridine rings is 1. The fourth-order valence-electron chi connectivity index (χ4n) is 2.82. The number of hydrogen-bond acceptors (Lipinski definition) is 7. The average molecular weight is 413 g/mol. The van der Waals surface area contributed by atoms with E-state index in [1.807, 2.05) is 0 Å². The zero-order valence-corrected chi connectivity index (χ0v) is 16.1. The van der Waals surface area contributed by atoms with Crippen molar-refractivity contribution in [2.45, 2.75) is 6.92 Å². The molecule has 0 aliphatic heterocycles. The van der Waals surface area contributed by atoms with Gasteiger partial charge in [-0.25, -0.2) is 9.37 Å². The van der Waals surface area contributed by atoms with Gasteiger partial charge in [-0.2, -0.15) is 4.98 Å². The van der Waals surface area contributed by atoms with Gasteiger partial charge in [-0.05, 0) is 31.2 Å². The van der Waals surface area contributed by atoms with E-state index in [1.54, 1.807) is 13.0 Å². The molecule has 4 rings (SSSR count). The van der Waals surface area contributed by atoms with Crippen molar-refractivity contribution in [1.82, 2.24) is 25.4 Å². The van der Waals surface area contributed by atoms with Crippen molar-refractivity contribution < 1.29 is 13.7 Å². The molecule has 3 heterocycles. The second-order valence-corrected chi connectivity index (χ2v) is 6.53. The molecule has 3 aromatic heterocycles. The Hall–Kier alpha value is -3.59. The van der Waals surface area contributed by atoms with Crippen molar-refractivity contribution in [2.24, 2.45) is 0 Å². The van der Waals surface area contributed by atoms with Crippen LogP contribution in [0.2, 0.25) is 5.02 Å². The number of carbonyl (C=O) groups excluding carboxylic acids is 1. The Kier molecular flexibility index (Phi) is 4.81. The maximum Gasteiger partial charge on any atom is 0.263 e. The van der Waals surface area contributed by atoms with Gasteiger partial charge in [0.05, 0.1) is 22.5 Å². The molecule has 0 bridgehead atoms. The molecule has 0 radical (unpaired) electrons. The number of amides is 1. The molecule has 4 aromatic rings. The van der Waals surface area contributed by atoms with Gasteiger partial charge in [-0.15, -0.1) is 0 Å². The predicted molar refractivity (Wildman–Crippen MR) is 106 cm³/mol. The first-order valence-corrected chi connectivity index (χ1v) is 8.88. The number of nitrogens with zero attached hydrogens (tertiary/aromatic N) is 4. The highest BCUT2D eigenvalue weighted by molar-refractivity contribution is 6.30. The Bertz CT molecular complexity index is 1240. The van der Waals surface area contributed by atoms with Crippen LogP contribution in [0, 0.1) is 12.7 Å². The summed E-state index contributed by atoms with van der Waals surface area (Å²) in [5, 5.41) is 10.4. The van der Waals surface area contributed by atoms with Gasteiger partial charge in [0.1, 0.15) is 17.0 Å². The number of rotatable bonds is 4. The summed E-state index contributed by atoms with van der Waals surface area (Å²) < 4.78 is 19.6. The zero-order valence-electron chi connectivity index (χ0n) is 15.3. The summed E-state index contributed by atoms with van der Waals surface area (Å²) in [6, 6.07) is 5.72. The normalized spacial score (nSPS) is 10.9. The molecule has 0 spiro atoms. The highest BCUT2D eigenvalue weighted by Crippen LogP contribution is 2.32. The van der Waals surface area contributed by atoms with Crippen LogP contribution in [0.4, 0.5) is 15.9 Å². The van der Waals surface area contributed by atoms with Crippen LogP contribution in [0.1, 0.15) is 16.1 Å². The van der Waals surface area contributed by atoms with Crippen molar-refractivity contribution in [1.29, 1.82) is 0 Å². The number of anilines is 2. The molecule has 8 nitrogen and oxygen atoms in total. The van der Waals surface area contributed by atoms with Gasteiger partial charge in [-0.1, -0.05) is 16.8 Å². The summed E-state index contributed by atoms with van der Waals surface area (Å²) in [5.74, 6) is -0.494. The van der Waals surface area contributed by atoms with Crippen LogP contribution in [0.15, 0.2) is 41.2 Å². The molecule has 146 valence electrons. The second kappa shape index (κ2) is 7.44. The maximum atomic E-state index is 14.4. The summed E-state index contributed by atoms with van der Waals surface area (Å²) in [4.78, 5) is 24.9. The Labute approximate surface area is 169 Å². The Morgan fingerprint density at radius 3 is 2.86 bits per heavy atom. The molecule has 1 aromatic carbocycles. The van der Waals surface area contributed by atoms with E-state index in [0.29, 0.717) is 33.2 Å². The van der Waals surface area contributed by atoms with Gasteiger partial charge in [-0.3, -0.25) is 9.78 Å². The second-order valence-electron chi connectivity index (χ2n) is 6.09. The molecule has 29 heavy (non-hydrogen) atoms. The third-order valence-electron chi connectivity index (χ3n) is 4.22. The van der Waals surface area contributed by atoms with Gasteiger partial charge in [0.15, 0.2) is 5.82 Å². The SMILES string of the molecule is CNC(=O)c1cnccc1Nc1nc(-c2cc(Cl)ccc2F)nc2onc(C)c12. The van der Waals surface area contributed by atoms with Gasteiger partial charge in [0.25, 0.3) is 11.6 Å². The molecule has 0 aliphatic rings. The average Bonchev–Trinajstić information content (AvgIpc) is 3.10. The van der Waals surface area contributed by atoms with E-state index < -0.39 is 5.82 Å². The molecule has 1 amide bonds. The number of carbonyl (C=O) groups is 1. The standard InChI is InChI=1S/C19H14ClFN6O2/c1-9-15-17(24-14-5-6-23-8-12(14)18(28)22-2)25-16(26-19(15)29-27-9)11-7-10(20)3-4-13(11)21/h3-8H,1-2H3,(H,22,28)(H,23,24,25,26). The summed E-state index contributed by atoms with van der Waals surface area (Å²) in [7, 11) is 1.52. The predicted octanol–water partition coefficient (Wildman–Crippen LogP) is 3.88. The number of fused-ring (bicyclic) bond motifs is 1. The number of aryl methyl sites for hydroxylation is 1. The first-order valence-electron chi connectivity index (χ1n) is 8.50. The topological polar surface area (TPSA) is 106 Å². The van der Waals surface area contributed by atoms with Crippen molar-refractivity contribution >= 4 is 40.1 Å². The zero-order chi connectivity index (χ0) is 20.5. The number of hydrogen-bond donors (Lipinski definition) is 2. The smallest absolute Gasteiger partial charge is 0.263 e. The largest absolute Gasteiger partial charge is 0.355 e. The van der Waals surface area contributed by atoms with Crippen LogP contribution in [0.5, 0.6) is 0 Å². The highest BCUT2D eigenvalue weighted by atomic mass is 35.5. The third-order valence-corrected chi connectivity index (χ3v) is 4.46. The van der Waals surface area contributed by atoms with Gasteiger partial charge < -0.3 is 15.2 Å². The first kappa shape index (κ1) is 18.8. The molecule has 2 N–H and O–H groups in total. The highest BCUT2D eigenvalue weighted by Gasteiger charge is 2.20. The quantitative estimate of drug-likeness (QED) is 0.523. The molecule has 0 saturated carbocycles. The summed E-state index contributed by atoms with van der Waals surface area (Å²) in [6.07, 6.45) is 2.96. The Morgan fingerprint density at radius 1 is 1.24 bits per heavy atom. The number of benzene rings is 1. The monoisotopic (exact) mass is 412 g/mol. The summed E-state index contributed by atoms with van der Waals surface area (Å²) in [5.41, 5.74) is 1.59. The molecule has 0 aliphatic carbocycles.